The number of halogens is 1. The van der Waals surface area contributed by atoms with E-state index in [0.717, 1.165) is 16.8 Å². The van der Waals surface area contributed by atoms with Crippen molar-refractivity contribution in [1.29, 1.82) is 0 Å². The smallest absolute Gasteiger partial charge is 0.275 e. The lowest BCUT2D eigenvalue weighted by Gasteiger charge is -2.13. The summed E-state index contributed by atoms with van der Waals surface area (Å²) in [6.07, 6.45) is 2.53. The Bertz CT molecular complexity index is 1220. The molecule has 0 spiro atoms. The van der Waals surface area contributed by atoms with Gasteiger partial charge in [-0.15, -0.1) is 0 Å². The Morgan fingerprint density at radius 2 is 1.82 bits per heavy atom. The van der Waals surface area contributed by atoms with E-state index >= 15 is 0 Å². The number of nitrogens with zero attached hydrogens (tertiary/aromatic N) is 2. The predicted octanol–water partition coefficient (Wildman–Crippen LogP) is 4.12. The molecular formula is C22H20FN3O2. The Morgan fingerprint density at radius 1 is 1.04 bits per heavy atom. The maximum atomic E-state index is 13.8. The van der Waals surface area contributed by atoms with Gasteiger partial charge < -0.3 is 14.3 Å². The summed E-state index contributed by atoms with van der Waals surface area (Å²) in [6, 6.07) is 15.5. The van der Waals surface area contributed by atoms with Crippen LogP contribution >= 0.6 is 0 Å². The van der Waals surface area contributed by atoms with Gasteiger partial charge in [0.2, 0.25) is 5.91 Å². The third kappa shape index (κ3) is 3.41. The number of carbonyl (C=O) groups excluding carboxylic acids is 1. The summed E-state index contributed by atoms with van der Waals surface area (Å²) in [5.41, 5.74) is 3.48. The molecule has 0 radical (unpaired) electrons. The van der Waals surface area contributed by atoms with Gasteiger partial charge in [-0.1, -0.05) is 17.7 Å². The zero-order valence-corrected chi connectivity index (χ0v) is 15.5. The Kier molecular flexibility index (Phi) is 4.69. The van der Waals surface area contributed by atoms with Crippen LogP contribution in [-0.2, 0) is 11.3 Å². The number of nitrogens with one attached hydrogen (secondary N) is 1. The average molecular weight is 377 g/mol. The van der Waals surface area contributed by atoms with Gasteiger partial charge in [-0.2, -0.15) is 0 Å². The lowest BCUT2D eigenvalue weighted by molar-refractivity contribution is -0.116. The molecule has 0 aliphatic rings. The molecule has 0 fully saturated rings. The van der Waals surface area contributed by atoms with Gasteiger partial charge in [0.05, 0.1) is 11.0 Å². The quantitative estimate of drug-likeness (QED) is 0.569. The third-order valence-corrected chi connectivity index (χ3v) is 4.82. The summed E-state index contributed by atoms with van der Waals surface area (Å²) in [6.45, 7) is 2.32. The first-order chi connectivity index (χ1) is 13.5. The first-order valence-electron chi connectivity index (χ1n) is 9.18. The molecule has 6 heteroatoms. The zero-order chi connectivity index (χ0) is 19.7. The van der Waals surface area contributed by atoms with Crippen molar-refractivity contribution < 1.29 is 9.18 Å². The minimum absolute atomic E-state index is 0.115. The van der Waals surface area contributed by atoms with Crippen molar-refractivity contribution in [2.45, 2.75) is 26.3 Å². The minimum atomic E-state index is -0.399. The molecule has 142 valence electrons. The second kappa shape index (κ2) is 7.31. The van der Waals surface area contributed by atoms with Crippen molar-refractivity contribution in [3.8, 4) is 0 Å². The number of anilines is 1. The van der Waals surface area contributed by atoms with Crippen LogP contribution in [0.1, 0.15) is 18.4 Å². The van der Waals surface area contributed by atoms with Gasteiger partial charge >= 0.3 is 0 Å². The molecule has 0 saturated carbocycles. The van der Waals surface area contributed by atoms with Gasteiger partial charge in [0.15, 0.2) is 0 Å². The van der Waals surface area contributed by atoms with Crippen LogP contribution in [-0.4, -0.2) is 14.9 Å². The molecule has 2 heterocycles. The highest BCUT2D eigenvalue weighted by molar-refractivity contribution is 5.90. The van der Waals surface area contributed by atoms with Crippen LogP contribution in [0.4, 0.5) is 10.1 Å². The number of carbonyl (C=O) groups is 1. The number of hydrogen-bond acceptors (Lipinski definition) is 2. The summed E-state index contributed by atoms with van der Waals surface area (Å²) in [7, 11) is 0. The summed E-state index contributed by atoms with van der Waals surface area (Å²) in [5.74, 6) is -0.513. The van der Waals surface area contributed by atoms with E-state index in [1.165, 1.54) is 12.1 Å². The van der Waals surface area contributed by atoms with Crippen LogP contribution < -0.4 is 10.9 Å². The maximum Gasteiger partial charge on any atom is 0.275 e. The van der Waals surface area contributed by atoms with E-state index in [1.807, 2.05) is 31.2 Å². The normalized spacial score (nSPS) is 11.2. The molecule has 2 aromatic heterocycles. The van der Waals surface area contributed by atoms with Gasteiger partial charge in [-0.25, -0.2) is 4.39 Å². The topological polar surface area (TPSA) is 55.5 Å². The standard InChI is InChI=1S/C22H20FN3O2/c1-15-6-9-17(10-7-15)24-21(27)5-3-13-26-20-14-16(23)8-11-18(20)25-12-2-4-19(25)22(26)28/h2,4,6-12,14H,3,5,13H2,1H3,(H,24,27). The van der Waals surface area contributed by atoms with Crippen molar-refractivity contribution >= 4 is 28.1 Å². The molecule has 1 amide bonds. The van der Waals surface area contributed by atoms with E-state index < -0.39 is 5.82 Å². The second-order valence-corrected chi connectivity index (χ2v) is 6.87. The summed E-state index contributed by atoms with van der Waals surface area (Å²) < 4.78 is 17.1. The monoisotopic (exact) mass is 377 g/mol. The van der Waals surface area contributed by atoms with E-state index in [-0.39, 0.29) is 17.9 Å². The first-order valence-corrected chi connectivity index (χ1v) is 9.18. The molecule has 1 N–H and O–H groups in total. The molecule has 0 aliphatic heterocycles. The molecule has 0 bridgehead atoms. The van der Waals surface area contributed by atoms with E-state index in [4.69, 9.17) is 0 Å². The van der Waals surface area contributed by atoms with E-state index in [0.29, 0.717) is 24.0 Å². The molecule has 5 nitrogen and oxygen atoms in total. The van der Waals surface area contributed by atoms with E-state index in [9.17, 15) is 14.0 Å². The highest BCUT2D eigenvalue weighted by Gasteiger charge is 2.12. The minimum Gasteiger partial charge on any atom is -0.326 e. The highest BCUT2D eigenvalue weighted by Crippen LogP contribution is 2.17. The fourth-order valence-electron chi connectivity index (χ4n) is 3.41. The van der Waals surface area contributed by atoms with Crippen molar-refractivity contribution in [2.24, 2.45) is 0 Å². The lowest BCUT2D eigenvalue weighted by atomic mass is 10.2. The highest BCUT2D eigenvalue weighted by atomic mass is 19.1. The van der Waals surface area contributed by atoms with Crippen molar-refractivity contribution in [1.82, 2.24) is 8.97 Å². The average Bonchev–Trinajstić information content (AvgIpc) is 3.16. The largest absolute Gasteiger partial charge is 0.326 e. The Hall–Kier alpha value is -3.41. The van der Waals surface area contributed by atoms with Gasteiger partial charge in [-0.05, 0) is 55.8 Å². The Labute approximate surface area is 161 Å². The first kappa shape index (κ1) is 18.0. The molecule has 0 saturated heterocycles. The summed E-state index contributed by atoms with van der Waals surface area (Å²) in [4.78, 5) is 25.0. The van der Waals surface area contributed by atoms with Crippen LogP contribution in [0.15, 0.2) is 65.6 Å². The van der Waals surface area contributed by atoms with Crippen LogP contribution in [0.25, 0.3) is 16.6 Å². The van der Waals surface area contributed by atoms with Crippen molar-refractivity contribution in [3.63, 3.8) is 0 Å². The zero-order valence-electron chi connectivity index (χ0n) is 15.5. The molecule has 0 atom stereocenters. The van der Waals surface area contributed by atoms with Gasteiger partial charge in [0.1, 0.15) is 11.3 Å². The predicted molar refractivity (Wildman–Crippen MR) is 108 cm³/mol. The van der Waals surface area contributed by atoms with Crippen LogP contribution in [0, 0.1) is 12.7 Å². The SMILES string of the molecule is Cc1ccc(NC(=O)CCCn2c(=O)c3cccn3c3ccc(F)cc32)cc1. The maximum absolute atomic E-state index is 13.8. The number of benzene rings is 2. The third-order valence-electron chi connectivity index (χ3n) is 4.82. The van der Waals surface area contributed by atoms with Gasteiger partial charge in [0.25, 0.3) is 5.56 Å². The number of rotatable bonds is 5. The molecule has 2 aromatic carbocycles. The van der Waals surface area contributed by atoms with E-state index in [2.05, 4.69) is 5.32 Å². The van der Waals surface area contributed by atoms with Crippen LogP contribution in [0.5, 0.6) is 0 Å². The lowest BCUT2D eigenvalue weighted by Crippen LogP contribution is -2.23. The second-order valence-electron chi connectivity index (χ2n) is 6.87. The fraction of sp³-hybridized carbons (Fsp3) is 0.182. The number of aryl methyl sites for hydroxylation is 2. The molecule has 4 rings (SSSR count). The number of fused-ring (bicyclic) bond motifs is 3. The summed E-state index contributed by atoms with van der Waals surface area (Å²) in [5, 5.41) is 2.85. The summed E-state index contributed by atoms with van der Waals surface area (Å²) >= 11 is 0. The fourth-order valence-corrected chi connectivity index (χ4v) is 3.41. The van der Waals surface area contributed by atoms with Crippen LogP contribution in [0.3, 0.4) is 0 Å². The number of aromatic nitrogens is 2. The van der Waals surface area contributed by atoms with Crippen LogP contribution in [0.2, 0.25) is 0 Å². The number of amides is 1. The number of hydrogen-bond donors (Lipinski definition) is 1. The molecular weight excluding hydrogens is 357 g/mol. The molecule has 0 aliphatic carbocycles. The van der Waals surface area contributed by atoms with Gasteiger partial charge in [0, 0.05) is 24.8 Å². The Balaban J connectivity index is 1.54. The Morgan fingerprint density at radius 3 is 2.61 bits per heavy atom. The molecule has 4 aromatic rings. The molecule has 0 unspecified atom stereocenters. The van der Waals surface area contributed by atoms with Crippen molar-refractivity contribution in [2.75, 3.05) is 5.32 Å². The molecule has 28 heavy (non-hydrogen) atoms. The van der Waals surface area contributed by atoms with Gasteiger partial charge in [-0.3, -0.25) is 9.59 Å². The van der Waals surface area contributed by atoms with Crippen molar-refractivity contribution in [3.05, 3.63) is 82.5 Å². The van der Waals surface area contributed by atoms with E-state index in [1.54, 1.807) is 33.4 Å².